The molecular weight excluding hydrogens is 328 g/mol. The van der Waals surface area contributed by atoms with E-state index in [9.17, 15) is 9.90 Å². The average molecular weight is 343 g/mol. The first-order valence-electron chi connectivity index (χ1n) is 7.52. The van der Waals surface area contributed by atoms with Crippen LogP contribution in [-0.2, 0) is 0 Å². The molecule has 3 rings (SSSR count). The van der Waals surface area contributed by atoms with Gasteiger partial charge in [0.2, 0.25) is 0 Å². The molecule has 1 heterocycles. The summed E-state index contributed by atoms with van der Waals surface area (Å²) in [6.45, 7) is 0.871. The van der Waals surface area contributed by atoms with Crippen LogP contribution < -0.4 is 4.74 Å². The number of carbonyl (C=O) groups excluding carboxylic acids is 1. The van der Waals surface area contributed by atoms with Crippen LogP contribution in [0.2, 0.25) is 5.02 Å². The Labute approximate surface area is 144 Å². The normalized spacial score (nSPS) is 16.7. The van der Waals surface area contributed by atoms with E-state index in [-0.39, 0.29) is 10.9 Å². The smallest absolute Gasteiger partial charge is 0.253 e. The van der Waals surface area contributed by atoms with Crippen molar-refractivity contribution in [2.24, 2.45) is 0 Å². The Morgan fingerprint density at radius 2 is 2.08 bits per heavy atom. The maximum Gasteiger partial charge on any atom is 0.253 e. The standard InChI is InChI=1S/C18H15ClN2O3/c19-15-9-12(18(23)21-8-7-14(22)11-21)5-6-17(15)24-16-4-2-1-3-13(16)10-20/h1-6,9,14,22H,7-8,11H2/t14-/m1/s1. The molecule has 1 aliphatic heterocycles. The molecule has 0 saturated carbocycles. The van der Waals surface area contributed by atoms with Gasteiger partial charge in [-0.15, -0.1) is 0 Å². The first kappa shape index (κ1) is 16.3. The van der Waals surface area contributed by atoms with Crippen LogP contribution in [-0.4, -0.2) is 35.1 Å². The van der Waals surface area contributed by atoms with Crippen LogP contribution in [0.5, 0.6) is 11.5 Å². The largest absolute Gasteiger partial charge is 0.454 e. The molecule has 2 aromatic rings. The molecule has 0 spiro atoms. The Balaban J connectivity index is 1.80. The summed E-state index contributed by atoms with van der Waals surface area (Å²) in [6.07, 6.45) is 0.125. The number of hydrogen-bond acceptors (Lipinski definition) is 4. The monoisotopic (exact) mass is 342 g/mol. The summed E-state index contributed by atoms with van der Waals surface area (Å²) < 4.78 is 5.69. The van der Waals surface area contributed by atoms with Crippen molar-refractivity contribution >= 4 is 17.5 Å². The van der Waals surface area contributed by atoms with Gasteiger partial charge in [0.05, 0.1) is 16.7 Å². The maximum atomic E-state index is 12.4. The topological polar surface area (TPSA) is 73.6 Å². The summed E-state index contributed by atoms with van der Waals surface area (Å²) in [5.74, 6) is 0.610. The molecule has 1 aliphatic rings. The molecule has 1 N–H and O–H groups in total. The number of aliphatic hydroxyl groups is 1. The third-order valence-electron chi connectivity index (χ3n) is 3.86. The minimum atomic E-state index is -0.463. The highest BCUT2D eigenvalue weighted by Crippen LogP contribution is 2.32. The quantitative estimate of drug-likeness (QED) is 0.929. The zero-order chi connectivity index (χ0) is 17.1. The van der Waals surface area contributed by atoms with Crippen LogP contribution in [0, 0.1) is 11.3 Å². The van der Waals surface area contributed by atoms with Gasteiger partial charge < -0.3 is 14.7 Å². The molecule has 0 unspecified atom stereocenters. The number of ether oxygens (including phenoxy) is 1. The zero-order valence-electron chi connectivity index (χ0n) is 12.8. The first-order chi connectivity index (χ1) is 11.6. The van der Waals surface area contributed by atoms with Crippen molar-refractivity contribution < 1.29 is 14.6 Å². The number of halogens is 1. The Hall–Kier alpha value is -2.55. The van der Waals surface area contributed by atoms with E-state index in [0.717, 1.165) is 0 Å². The second-order valence-electron chi connectivity index (χ2n) is 5.55. The number of aliphatic hydroxyl groups excluding tert-OH is 1. The minimum absolute atomic E-state index is 0.169. The molecular formula is C18H15ClN2O3. The number of hydrogen-bond donors (Lipinski definition) is 1. The molecule has 0 aliphatic carbocycles. The van der Waals surface area contributed by atoms with Crippen LogP contribution in [0.25, 0.3) is 0 Å². The summed E-state index contributed by atoms with van der Waals surface area (Å²) in [6, 6.07) is 13.7. The Bertz CT molecular complexity index is 816. The fraction of sp³-hybridized carbons (Fsp3) is 0.222. The van der Waals surface area contributed by atoms with Crippen molar-refractivity contribution in [2.75, 3.05) is 13.1 Å². The van der Waals surface area contributed by atoms with E-state index in [1.165, 1.54) is 0 Å². The fourth-order valence-corrected chi connectivity index (χ4v) is 2.81. The lowest BCUT2D eigenvalue weighted by Crippen LogP contribution is -2.29. The molecule has 24 heavy (non-hydrogen) atoms. The highest BCUT2D eigenvalue weighted by atomic mass is 35.5. The lowest BCUT2D eigenvalue weighted by atomic mass is 10.2. The summed E-state index contributed by atoms with van der Waals surface area (Å²) in [4.78, 5) is 14.0. The summed E-state index contributed by atoms with van der Waals surface area (Å²) in [5.41, 5.74) is 0.842. The third kappa shape index (κ3) is 3.35. The van der Waals surface area contributed by atoms with Crippen LogP contribution >= 0.6 is 11.6 Å². The molecule has 0 bridgehead atoms. The molecule has 0 aromatic heterocycles. The predicted molar refractivity (Wildman–Crippen MR) is 89.2 cm³/mol. The second-order valence-corrected chi connectivity index (χ2v) is 5.96. The number of rotatable bonds is 3. The van der Waals surface area contributed by atoms with Gasteiger partial charge in [-0.2, -0.15) is 5.26 Å². The minimum Gasteiger partial charge on any atom is -0.454 e. The lowest BCUT2D eigenvalue weighted by Gasteiger charge is -2.16. The van der Waals surface area contributed by atoms with Gasteiger partial charge in [0, 0.05) is 18.7 Å². The summed E-state index contributed by atoms with van der Waals surface area (Å²) in [5, 5.41) is 18.9. The van der Waals surface area contributed by atoms with Crippen LogP contribution in [0.3, 0.4) is 0 Å². The van der Waals surface area contributed by atoms with Gasteiger partial charge in [0.15, 0.2) is 0 Å². The third-order valence-corrected chi connectivity index (χ3v) is 4.15. The molecule has 1 atom stereocenters. The number of amides is 1. The van der Waals surface area contributed by atoms with Gasteiger partial charge in [-0.05, 0) is 36.8 Å². The molecule has 1 fully saturated rings. The van der Waals surface area contributed by atoms with Gasteiger partial charge >= 0.3 is 0 Å². The number of likely N-dealkylation sites (tertiary alicyclic amines) is 1. The maximum absolute atomic E-state index is 12.4. The van der Waals surface area contributed by atoms with E-state index in [1.54, 1.807) is 47.4 Å². The number of carbonyl (C=O) groups is 1. The van der Waals surface area contributed by atoms with Gasteiger partial charge in [-0.3, -0.25) is 4.79 Å². The Kier molecular flexibility index (Phi) is 4.70. The van der Waals surface area contributed by atoms with E-state index in [4.69, 9.17) is 21.6 Å². The molecule has 1 amide bonds. The van der Waals surface area contributed by atoms with E-state index < -0.39 is 6.10 Å². The molecule has 2 aromatic carbocycles. The van der Waals surface area contributed by atoms with Gasteiger partial charge in [0.25, 0.3) is 5.91 Å². The van der Waals surface area contributed by atoms with Crippen LogP contribution in [0.15, 0.2) is 42.5 Å². The van der Waals surface area contributed by atoms with Gasteiger partial charge in [-0.1, -0.05) is 23.7 Å². The van der Waals surface area contributed by atoms with E-state index in [0.29, 0.717) is 42.1 Å². The van der Waals surface area contributed by atoms with E-state index in [2.05, 4.69) is 6.07 Å². The van der Waals surface area contributed by atoms with E-state index in [1.807, 2.05) is 0 Å². The number of para-hydroxylation sites is 1. The highest BCUT2D eigenvalue weighted by Gasteiger charge is 2.25. The summed E-state index contributed by atoms with van der Waals surface area (Å²) in [7, 11) is 0. The lowest BCUT2D eigenvalue weighted by molar-refractivity contribution is 0.0765. The van der Waals surface area contributed by atoms with Crippen molar-refractivity contribution in [2.45, 2.75) is 12.5 Å². The van der Waals surface area contributed by atoms with Crippen LogP contribution in [0.1, 0.15) is 22.3 Å². The van der Waals surface area contributed by atoms with Gasteiger partial charge in [0.1, 0.15) is 17.6 Å². The average Bonchev–Trinajstić information content (AvgIpc) is 3.03. The number of β-amino-alcohol motifs (C(OH)–C–C–N with tert-alkyl or cyclic N) is 1. The Morgan fingerprint density at radius 3 is 2.75 bits per heavy atom. The SMILES string of the molecule is N#Cc1ccccc1Oc1ccc(C(=O)N2CC[C@@H](O)C2)cc1Cl. The number of benzene rings is 2. The zero-order valence-corrected chi connectivity index (χ0v) is 13.5. The number of nitrogens with zero attached hydrogens (tertiary/aromatic N) is 2. The van der Waals surface area contributed by atoms with Crippen molar-refractivity contribution in [1.82, 2.24) is 4.90 Å². The highest BCUT2D eigenvalue weighted by molar-refractivity contribution is 6.32. The van der Waals surface area contributed by atoms with Crippen molar-refractivity contribution in [3.63, 3.8) is 0 Å². The molecule has 1 saturated heterocycles. The van der Waals surface area contributed by atoms with Crippen LogP contribution in [0.4, 0.5) is 0 Å². The molecule has 122 valence electrons. The fourth-order valence-electron chi connectivity index (χ4n) is 2.59. The van der Waals surface area contributed by atoms with E-state index >= 15 is 0 Å². The number of nitriles is 1. The predicted octanol–water partition coefficient (Wildman–Crippen LogP) is 3.21. The first-order valence-corrected chi connectivity index (χ1v) is 7.90. The van der Waals surface area contributed by atoms with Crippen molar-refractivity contribution in [3.8, 4) is 17.6 Å². The van der Waals surface area contributed by atoms with Crippen molar-refractivity contribution in [3.05, 3.63) is 58.6 Å². The van der Waals surface area contributed by atoms with Crippen molar-refractivity contribution in [1.29, 1.82) is 5.26 Å². The molecule has 6 heteroatoms. The molecule has 0 radical (unpaired) electrons. The van der Waals surface area contributed by atoms with Gasteiger partial charge in [-0.25, -0.2) is 0 Å². The molecule has 5 nitrogen and oxygen atoms in total. The second kappa shape index (κ2) is 6.91. The Morgan fingerprint density at radius 1 is 1.29 bits per heavy atom. The summed E-state index contributed by atoms with van der Waals surface area (Å²) >= 11 is 6.23.